The summed E-state index contributed by atoms with van der Waals surface area (Å²) in [4.78, 5) is 9.55. The summed E-state index contributed by atoms with van der Waals surface area (Å²) in [6.07, 6.45) is 0. The van der Waals surface area contributed by atoms with Gasteiger partial charge in [-0.25, -0.2) is 0 Å². The molecule has 0 radical (unpaired) electrons. The van der Waals surface area contributed by atoms with E-state index in [1.807, 2.05) is 6.07 Å². The quantitative estimate of drug-likeness (QED) is 0.115. The van der Waals surface area contributed by atoms with E-state index >= 15 is 0 Å². The third kappa shape index (κ3) is 11.2. The third-order valence-corrected chi connectivity index (χ3v) is 25.0. The average Bonchev–Trinajstić information content (AvgIpc) is 1.61. The maximum atomic E-state index is 6.87. The minimum Gasteiger partial charge on any atom is -0.456 e. The van der Waals surface area contributed by atoms with E-state index in [4.69, 9.17) is 8.83 Å². The molecule has 0 atom stereocenters. The van der Waals surface area contributed by atoms with Crippen molar-refractivity contribution in [1.82, 2.24) is 0 Å². The normalized spacial score (nSPS) is 13.6. The van der Waals surface area contributed by atoms with E-state index in [1.54, 1.807) is 0 Å². The second-order valence-corrected chi connectivity index (χ2v) is 31.7. The van der Waals surface area contributed by atoms with Gasteiger partial charge in [0, 0.05) is 83.6 Å². The van der Waals surface area contributed by atoms with Crippen molar-refractivity contribution in [2.75, 3.05) is 19.6 Å². The molecule has 2 aromatic heterocycles. The van der Waals surface area contributed by atoms with Crippen molar-refractivity contribution in [2.45, 2.75) is 30.1 Å². The maximum absolute atomic E-state index is 6.87. The van der Waals surface area contributed by atoms with Gasteiger partial charge in [0.25, 0.3) is 0 Å². The fourth-order valence-electron chi connectivity index (χ4n) is 19.8. The van der Waals surface area contributed by atoms with Gasteiger partial charge >= 0.3 is 0 Å². The molecular formula is C113H80N4O2. The molecule has 6 heteroatoms. The van der Waals surface area contributed by atoms with Gasteiger partial charge in [0.2, 0.25) is 0 Å². The molecule has 1 aliphatic carbocycles. The van der Waals surface area contributed by atoms with Crippen molar-refractivity contribution in [3.8, 4) is 22.3 Å². The van der Waals surface area contributed by atoms with Gasteiger partial charge in [-0.15, -0.1) is 0 Å². The Morgan fingerprint density at radius 3 is 0.941 bits per heavy atom. The summed E-state index contributed by atoms with van der Waals surface area (Å²) in [5.41, 5.74) is 32.8. The van der Waals surface area contributed by atoms with Crippen LogP contribution in [0.2, 0.25) is 0 Å². The van der Waals surface area contributed by atoms with Crippen LogP contribution < -0.4 is 19.6 Å². The van der Waals surface area contributed by atoms with E-state index < -0.39 is 10.8 Å². The lowest BCUT2D eigenvalue weighted by Gasteiger charge is -2.46. The number of hydrogen-bond donors (Lipinski definition) is 0. The molecule has 0 fully saturated rings. The molecule has 119 heavy (non-hydrogen) atoms. The maximum Gasteiger partial charge on any atom is 0.140 e. The van der Waals surface area contributed by atoms with Crippen molar-refractivity contribution < 1.29 is 8.83 Å². The van der Waals surface area contributed by atoms with Gasteiger partial charge in [-0.05, 0) is 200 Å². The van der Waals surface area contributed by atoms with Gasteiger partial charge in [0.1, 0.15) is 22.3 Å². The fraction of sp³-hybridized carbons (Fsp3) is 0.0442. The molecule has 2 aliphatic heterocycles. The number of para-hydroxylation sites is 11. The Morgan fingerprint density at radius 1 is 0.218 bits per heavy atom. The monoisotopic (exact) mass is 1520 g/mol. The first-order valence-electron chi connectivity index (χ1n) is 41.0. The highest BCUT2D eigenvalue weighted by Gasteiger charge is 2.50. The summed E-state index contributed by atoms with van der Waals surface area (Å²) in [6, 6.07) is 162. The second kappa shape index (κ2) is 28.6. The minimum absolute atomic E-state index is 0.103. The van der Waals surface area contributed by atoms with Crippen LogP contribution in [0.25, 0.3) is 66.1 Å². The van der Waals surface area contributed by atoms with Crippen LogP contribution in [-0.2, 0) is 16.2 Å². The summed E-state index contributed by atoms with van der Waals surface area (Å²) >= 11 is 0. The topological polar surface area (TPSA) is 39.2 Å². The molecule has 18 aromatic carbocycles. The predicted octanol–water partition coefficient (Wildman–Crippen LogP) is 30.4. The first kappa shape index (κ1) is 70.4. The Labute approximate surface area is 692 Å². The molecule has 0 saturated heterocycles. The van der Waals surface area contributed by atoms with E-state index in [0.717, 1.165) is 134 Å². The van der Waals surface area contributed by atoms with E-state index in [0.29, 0.717) is 0 Å². The highest BCUT2D eigenvalue weighted by atomic mass is 16.3. The number of fused-ring (bicyclic) bond motifs is 13. The smallest absolute Gasteiger partial charge is 0.140 e. The fourth-order valence-corrected chi connectivity index (χ4v) is 19.8. The number of furan rings is 2. The summed E-state index contributed by atoms with van der Waals surface area (Å²) in [7, 11) is 0. The molecule has 0 spiro atoms. The van der Waals surface area contributed by atoms with Crippen LogP contribution in [0.3, 0.4) is 0 Å². The lowest BCUT2D eigenvalue weighted by atomic mass is 9.62. The van der Waals surface area contributed by atoms with Gasteiger partial charge in [-0.2, -0.15) is 0 Å². The summed E-state index contributed by atoms with van der Waals surface area (Å²) < 4.78 is 13.7. The molecule has 6 nitrogen and oxygen atoms in total. The molecule has 0 saturated carbocycles. The van der Waals surface area contributed by atoms with Crippen LogP contribution in [0.4, 0.5) is 68.2 Å². The highest BCUT2D eigenvalue weighted by molar-refractivity contribution is 6.09. The molecule has 564 valence electrons. The average molecular weight is 1530 g/mol. The molecule has 4 heterocycles. The van der Waals surface area contributed by atoms with E-state index in [9.17, 15) is 0 Å². The van der Waals surface area contributed by atoms with E-state index in [1.165, 1.54) is 55.6 Å². The summed E-state index contributed by atoms with van der Waals surface area (Å²) in [6.45, 7) is 4.70. The van der Waals surface area contributed by atoms with Gasteiger partial charge in [0.05, 0.1) is 33.6 Å². The largest absolute Gasteiger partial charge is 0.456 e. The van der Waals surface area contributed by atoms with Gasteiger partial charge in [-0.3, -0.25) is 0 Å². The zero-order chi connectivity index (χ0) is 79.2. The molecular weight excluding hydrogens is 1450 g/mol. The standard InChI is InChI=1S/C58H42N2O.C55H38N2O/c1-57(2)48-25-11-9-22-44(48)45-37-36-43(38-52(45)57)59(40-20-7-4-8-21-40)41-32-34-42(35-33-41)60-53-29-14-12-26-49(53)58(39-18-5-3-6-19-39,50-27-13-15-30-54(50)60)51-28-17-24-47-46-23-10-16-31-55(46)61-56(47)51;1-4-17-41(18-5-1)55(50-27-16-24-47-46-23-10-15-30-53(46)58-54(47)50)48-25-11-13-28-51(48)57(52-29-14-12-26-49(52)55)45-37-33-40(34-38-45)39-31-35-44(36-32-39)56(42-19-6-2-7-20-42)43-21-8-3-9-22-43/h3-38H,1-2H3;1-38H. The number of nitrogens with zero attached hydrogens (tertiary/aromatic N) is 4. The Morgan fingerprint density at radius 2 is 0.513 bits per heavy atom. The van der Waals surface area contributed by atoms with Crippen LogP contribution >= 0.6 is 0 Å². The highest BCUT2D eigenvalue weighted by Crippen LogP contribution is 2.62. The number of hydrogen-bond acceptors (Lipinski definition) is 6. The Bertz CT molecular complexity index is 7070. The van der Waals surface area contributed by atoms with Crippen molar-refractivity contribution in [3.63, 3.8) is 0 Å². The van der Waals surface area contributed by atoms with Crippen LogP contribution in [0, 0.1) is 0 Å². The number of anilines is 12. The zero-order valence-corrected chi connectivity index (χ0v) is 65.8. The lowest BCUT2D eigenvalue weighted by Crippen LogP contribution is -2.37. The zero-order valence-electron chi connectivity index (χ0n) is 65.8. The molecule has 3 aliphatic rings. The molecule has 23 rings (SSSR count). The predicted molar refractivity (Wildman–Crippen MR) is 493 cm³/mol. The van der Waals surface area contributed by atoms with Crippen molar-refractivity contribution in [2.24, 2.45) is 0 Å². The number of benzene rings is 18. The Kier molecular flexibility index (Phi) is 16.9. The minimum atomic E-state index is -0.677. The first-order chi connectivity index (χ1) is 58.8. The summed E-state index contributed by atoms with van der Waals surface area (Å²) in [5.74, 6) is 0. The Balaban J connectivity index is 0.000000143. The Hall–Kier alpha value is -15.2. The van der Waals surface area contributed by atoms with Crippen LogP contribution in [0.5, 0.6) is 0 Å². The second-order valence-electron chi connectivity index (χ2n) is 31.7. The third-order valence-electron chi connectivity index (χ3n) is 25.0. The van der Waals surface area contributed by atoms with Crippen molar-refractivity contribution in [1.29, 1.82) is 0 Å². The molecule has 20 aromatic rings. The lowest BCUT2D eigenvalue weighted by molar-refractivity contribution is 0.643. The van der Waals surface area contributed by atoms with Gasteiger partial charge in [0.15, 0.2) is 0 Å². The first-order valence-corrected chi connectivity index (χ1v) is 41.0. The van der Waals surface area contributed by atoms with Crippen LogP contribution in [-0.4, -0.2) is 0 Å². The molecule has 0 amide bonds. The van der Waals surface area contributed by atoms with Gasteiger partial charge < -0.3 is 28.4 Å². The van der Waals surface area contributed by atoms with Crippen molar-refractivity contribution in [3.05, 3.63) is 505 Å². The van der Waals surface area contributed by atoms with Crippen molar-refractivity contribution >= 4 is 112 Å². The number of rotatable bonds is 13. The van der Waals surface area contributed by atoms with Gasteiger partial charge in [-0.1, -0.05) is 329 Å². The molecule has 0 unspecified atom stereocenters. The summed E-state index contributed by atoms with van der Waals surface area (Å²) in [5, 5.41) is 4.49. The molecule has 0 bridgehead atoms. The van der Waals surface area contributed by atoms with Crippen LogP contribution in [0.15, 0.2) is 458 Å². The van der Waals surface area contributed by atoms with E-state index in [-0.39, 0.29) is 5.41 Å². The SMILES string of the molecule is CC1(C)c2ccccc2-c2ccc(N(c3ccccc3)c3ccc(N4c5ccccc5C(c5ccccc5)(c5cccc6c5oc5ccccc56)c5ccccc54)cc3)cc21.c1ccc(N(c2ccccc2)c2ccc(-c3ccc(N4c5ccccc5C(c5ccccc5)(c5cccc6c5oc5ccccc56)c5ccccc54)cc3)cc2)cc1. The van der Waals surface area contributed by atoms with E-state index in [2.05, 4.69) is 476 Å². The molecule has 0 N–H and O–H groups in total. The van der Waals surface area contributed by atoms with Crippen LogP contribution in [0.1, 0.15) is 69.5 Å².